The third-order valence-corrected chi connectivity index (χ3v) is 2.42. The van der Waals surface area contributed by atoms with Crippen LogP contribution in [-0.4, -0.2) is 9.58 Å². The summed E-state index contributed by atoms with van der Waals surface area (Å²) in [5.41, 5.74) is 1.37. The van der Waals surface area contributed by atoms with Crippen LogP contribution in [0.2, 0.25) is 0 Å². The van der Waals surface area contributed by atoms with Crippen LogP contribution in [0.3, 0.4) is 0 Å². The van der Waals surface area contributed by atoms with Crippen LogP contribution in [0.25, 0.3) is 0 Å². The van der Waals surface area contributed by atoms with Gasteiger partial charge in [-0.2, -0.15) is 0 Å². The Hall–Kier alpha value is -0.240. The highest BCUT2D eigenvalue weighted by molar-refractivity contribution is 6.77. The van der Waals surface area contributed by atoms with E-state index in [-0.39, 0.29) is 0 Å². The molecular weight excluding hydrogens is 242 g/mol. The molecule has 4 heteroatoms. The maximum absolute atomic E-state index is 11.7. The van der Waals surface area contributed by atoms with Gasteiger partial charge in [-0.05, 0) is 12.0 Å². The smallest absolute Gasteiger partial charge is 0.253 e. The number of benzene rings is 1. The summed E-state index contributed by atoms with van der Waals surface area (Å²) < 4.78 is -1.87. The van der Waals surface area contributed by atoms with Crippen LogP contribution in [0.15, 0.2) is 24.3 Å². The van der Waals surface area contributed by atoms with Crippen molar-refractivity contribution in [2.45, 2.75) is 17.1 Å². The third kappa shape index (κ3) is 2.63. The molecule has 1 aromatic rings. The molecule has 0 aliphatic carbocycles. The molecule has 0 fully saturated rings. The molecule has 0 aliphatic rings. The van der Waals surface area contributed by atoms with Crippen LogP contribution in [-0.2, 0) is 6.42 Å². The SMILES string of the molecule is CCc1ccccc1C(=O)C(Cl)(Cl)Cl. The Morgan fingerprint density at radius 1 is 1.29 bits per heavy atom. The van der Waals surface area contributed by atoms with Gasteiger partial charge in [-0.3, -0.25) is 4.79 Å². The van der Waals surface area contributed by atoms with E-state index in [9.17, 15) is 4.79 Å². The normalized spacial score (nSPS) is 11.4. The van der Waals surface area contributed by atoms with Gasteiger partial charge in [0.1, 0.15) is 0 Å². The van der Waals surface area contributed by atoms with Crippen LogP contribution < -0.4 is 0 Å². The number of hydrogen-bond acceptors (Lipinski definition) is 1. The molecule has 1 rings (SSSR count). The topological polar surface area (TPSA) is 17.1 Å². The molecule has 14 heavy (non-hydrogen) atoms. The fourth-order valence-electron chi connectivity index (χ4n) is 1.20. The van der Waals surface area contributed by atoms with E-state index in [1.165, 1.54) is 0 Å². The minimum atomic E-state index is -1.87. The van der Waals surface area contributed by atoms with E-state index in [2.05, 4.69) is 0 Å². The van der Waals surface area contributed by atoms with Gasteiger partial charge in [0.05, 0.1) is 0 Å². The highest BCUT2D eigenvalue weighted by Gasteiger charge is 2.32. The fourth-order valence-corrected chi connectivity index (χ4v) is 1.51. The van der Waals surface area contributed by atoms with Gasteiger partial charge < -0.3 is 0 Å². The Kier molecular flexibility index (Phi) is 3.82. The number of halogens is 3. The number of carbonyl (C=O) groups excluding carboxylic acids is 1. The number of alkyl halides is 3. The third-order valence-electron chi connectivity index (χ3n) is 1.90. The average Bonchev–Trinajstić information content (AvgIpc) is 2.15. The van der Waals surface area contributed by atoms with Gasteiger partial charge in [0.2, 0.25) is 5.78 Å². The van der Waals surface area contributed by atoms with Crippen molar-refractivity contribution in [3.63, 3.8) is 0 Å². The first-order chi connectivity index (χ1) is 6.46. The zero-order chi connectivity index (χ0) is 10.8. The van der Waals surface area contributed by atoms with E-state index in [1.54, 1.807) is 12.1 Å². The molecular formula is C10H9Cl3O. The van der Waals surface area contributed by atoms with Crippen LogP contribution in [0.5, 0.6) is 0 Å². The van der Waals surface area contributed by atoms with Gasteiger partial charge in [0.25, 0.3) is 3.79 Å². The van der Waals surface area contributed by atoms with Gasteiger partial charge in [0, 0.05) is 5.56 Å². The molecule has 1 nitrogen and oxygen atoms in total. The Morgan fingerprint density at radius 3 is 2.36 bits per heavy atom. The maximum atomic E-state index is 11.7. The zero-order valence-electron chi connectivity index (χ0n) is 7.56. The Labute approximate surface area is 98.0 Å². The zero-order valence-corrected chi connectivity index (χ0v) is 9.83. The minimum absolute atomic E-state index is 0.472. The van der Waals surface area contributed by atoms with Crippen molar-refractivity contribution in [1.29, 1.82) is 0 Å². The van der Waals surface area contributed by atoms with Gasteiger partial charge in [-0.1, -0.05) is 66.0 Å². The van der Waals surface area contributed by atoms with E-state index in [4.69, 9.17) is 34.8 Å². The lowest BCUT2D eigenvalue weighted by molar-refractivity contribution is 0.0995. The molecule has 0 saturated carbocycles. The first-order valence-electron chi connectivity index (χ1n) is 4.16. The quantitative estimate of drug-likeness (QED) is 0.577. The number of ketones is 1. The van der Waals surface area contributed by atoms with Gasteiger partial charge in [0.15, 0.2) is 0 Å². The molecule has 0 aliphatic heterocycles. The summed E-state index contributed by atoms with van der Waals surface area (Å²) >= 11 is 16.6. The summed E-state index contributed by atoms with van der Waals surface area (Å²) in [7, 11) is 0. The second-order valence-electron chi connectivity index (χ2n) is 2.84. The molecule has 0 heterocycles. The second-order valence-corrected chi connectivity index (χ2v) is 5.12. The van der Waals surface area contributed by atoms with Crippen molar-refractivity contribution in [3.05, 3.63) is 35.4 Å². The maximum Gasteiger partial charge on any atom is 0.253 e. The molecule has 0 atom stereocenters. The number of hydrogen-bond donors (Lipinski definition) is 0. The predicted molar refractivity (Wildman–Crippen MR) is 60.4 cm³/mol. The van der Waals surface area contributed by atoms with Crippen molar-refractivity contribution in [1.82, 2.24) is 0 Å². The molecule has 0 amide bonds. The van der Waals surface area contributed by atoms with Gasteiger partial charge in [-0.15, -0.1) is 0 Å². The largest absolute Gasteiger partial charge is 0.289 e. The second kappa shape index (κ2) is 4.52. The van der Waals surface area contributed by atoms with E-state index in [0.29, 0.717) is 5.56 Å². The molecule has 0 N–H and O–H groups in total. The molecule has 0 bridgehead atoms. The lowest BCUT2D eigenvalue weighted by atomic mass is 10.0. The fraction of sp³-hybridized carbons (Fsp3) is 0.300. The lowest BCUT2D eigenvalue weighted by Gasteiger charge is -2.12. The van der Waals surface area contributed by atoms with E-state index in [0.717, 1.165) is 12.0 Å². The van der Waals surface area contributed by atoms with E-state index >= 15 is 0 Å². The van der Waals surface area contributed by atoms with Crippen LogP contribution in [0, 0.1) is 0 Å². The Bertz CT molecular complexity index is 341. The van der Waals surface area contributed by atoms with Crippen LogP contribution in [0.1, 0.15) is 22.8 Å². The van der Waals surface area contributed by atoms with Crippen molar-refractivity contribution in [2.75, 3.05) is 0 Å². The number of aryl methyl sites for hydroxylation is 1. The van der Waals surface area contributed by atoms with Crippen LogP contribution in [0.4, 0.5) is 0 Å². The highest BCUT2D eigenvalue weighted by Crippen LogP contribution is 2.31. The monoisotopic (exact) mass is 250 g/mol. The minimum Gasteiger partial charge on any atom is -0.289 e. The van der Waals surface area contributed by atoms with Crippen molar-refractivity contribution in [3.8, 4) is 0 Å². The van der Waals surface area contributed by atoms with Gasteiger partial charge >= 0.3 is 0 Å². The molecule has 0 radical (unpaired) electrons. The number of rotatable bonds is 2. The standard InChI is InChI=1S/C10H9Cl3O/c1-2-7-5-3-4-6-8(7)9(14)10(11,12)13/h3-6H,2H2,1H3. The van der Waals surface area contributed by atoms with Crippen molar-refractivity contribution in [2.24, 2.45) is 0 Å². The first kappa shape index (κ1) is 11.8. The van der Waals surface area contributed by atoms with E-state index < -0.39 is 9.58 Å². The van der Waals surface area contributed by atoms with E-state index in [1.807, 2.05) is 19.1 Å². The number of carbonyl (C=O) groups is 1. The molecule has 0 aromatic heterocycles. The summed E-state index contributed by atoms with van der Waals surface area (Å²) in [6.07, 6.45) is 0.739. The summed E-state index contributed by atoms with van der Waals surface area (Å²) in [5, 5.41) is 0. The summed E-state index contributed by atoms with van der Waals surface area (Å²) in [6.45, 7) is 1.95. The number of Topliss-reactive ketones (excluding diaryl/α,β-unsaturated/α-hetero) is 1. The first-order valence-corrected chi connectivity index (χ1v) is 5.29. The molecule has 0 saturated heterocycles. The van der Waals surface area contributed by atoms with Crippen LogP contribution >= 0.6 is 34.8 Å². The van der Waals surface area contributed by atoms with Crippen molar-refractivity contribution < 1.29 is 4.79 Å². The van der Waals surface area contributed by atoms with Gasteiger partial charge in [-0.25, -0.2) is 0 Å². The molecule has 0 unspecified atom stereocenters. The average molecular weight is 252 g/mol. The lowest BCUT2D eigenvalue weighted by Crippen LogP contribution is -2.20. The summed E-state index contributed by atoms with van der Waals surface area (Å²) in [4.78, 5) is 11.7. The Morgan fingerprint density at radius 2 is 1.86 bits per heavy atom. The molecule has 1 aromatic carbocycles. The summed E-state index contributed by atoms with van der Waals surface area (Å²) in [5.74, 6) is -0.472. The molecule has 0 spiro atoms. The summed E-state index contributed by atoms with van der Waals surface area (Å²) in [6, 6.07) is 7.13. The van der Waals surface area contributed by atoms with Crippen molar-refractivity contribution >= 4 is 40.6 Å². The Balaban J connectivity index is 3.13. The molecule has 76 valence electrons. The predicted octanol–water partition coefficient (Wildman–Crippen LogP) is 3.80. The highest BCUT2D eigenvalue weighted by atomic mass is 35.6.